The van der Waals surface area contributed by atoms with Gasteiger partial charge in [0.15, 0.2) is 12.3 Å². The highest BCUT2D eigenvalue weighted by molar-refractivity contribution is 6.30. The van der Waals surface area contributed by atoms with E-state index in [9.17, 15) is 4.79 Å². The van der Waals surface area contributed by atoms with Crippen molar-refractivity contribution in [1.29, 1.82) is 0 Å². The number of fused-ring (bicyclic) bond motifs is 1. The van der Waals surface area contributed by atoms with Gasteiger partial charge in [0.25, 0.3) is 5.91 Å². The number of carbonyl (C=O) groups excluding carboxylic acids is 1. The molecule has 0 aliphatic carbocycles. The van der Waals surface area contributed by atoms with Gasteiger partial charge in [-0.2, -0.15) is 5.10 Å². The lowest BCUT2D eigenvalue weighted by molar-refractivity contribution is -0.118. The molecule has 22 heavy (non-hydrogen) atoms. The Labute approximate surface area is 131 Å². The molecule has 1 amide bonds. The number of benzene rings is 1. The first-order valence-corrected chi connectivity index (χ1v) is 6.99. The fraction of sp³-hybridized carbons (Fsp3) is 0.133. The number of nitrogens with one attached hydrogen (secondary N) is 1. The predicted octanol–water partition coefficient (Wildman–Crippen LogP) is 2.71. The second-order valence-electron chi connectivity index (χ2n) is 4.67. The molecule has 0 atom stereocenters. The highest BCUT2D eigenvalue weighted by atomic mass is 35.5. The van der Waals surface area contributed by atoms with E-state index in [1.807, 2.05) is 6.92 Å². The first kappa shape index (κ1) is 14.3. The Morgan fingerprint density at radius 3 is 2.82 bits per heavy atom. The van der Waals surface area contributed by atoms with Crippen LogP contribution < -0.4 is 10.1 Å². The summed E-state index contributed by atoms with van der Waals surface area (Å²) in [6.45, 7) is 1.72. The van der Waals surface area contributed by atoms with Crippen molar-refractivity contribution in [3.63, 3.8) is 0 Å². The Balaban J connectivity index is 1.61. The second kappa shape index (κ2) is 6.03. The minimum absolute atomic E-state index is 0.0872. The van der Waals surface area contributed by atoms with Crippen molar-refractivity contribution in [3.8, 4) is 5.75 Å². The molecule has 0 bridgehead atoms. The molecule has 2 aromatic heterocycles. The lowest BCUT2D eigenvalue weighted by Gasteiger charge is -2.07. The van der Waals surface area contributed by atoms with E-state index < -0.39 is 0 Å². The van der Waals surface area contributed by atoms with E-state index in [0.717, 1.165) is 5.65 Å². The zero-order valence-electron chi connectivity index (χ0n) is 11.8. The molecular weight excluding hydrogens is 304 g/mol. The molecule has 2 heterocycles. The van der Waals surface area contributed by atoms with E-state index in [0.29, 0.717) is 22.3 Å². The van der Waals surface area contributed by atoms with Gasteiger partial charge in [-0.1, -0.05) is 11.6 Å². The van der Waals surface area contributed by atoms with Crippen LogP contribution in [0.25, 0.3) is 5.65 Å². The van der Waals surface area contributed by atoms with Gasteiger partial charge in [0, 0.05) is 5.02 Å². The summed E-state index contributed by atoms with van der Waals surface area (Å²) in [5, 5.41) is 7.56. The molecule has 7 heteroatoms. The second-order valence-corrected chi connectivity index (χ2v) is 5.11. The molecule has 112 valence electrons. The zero-order chi connectivity index (χ0) is 15.5. The largest absolute Gasteiger partial charge is 0.484 e. The van der Waals surface area contributed by atoms with Crippen molar-refractivity contribution in [2.45, 2.75) is 6.92 Å². The number of carbonyl (C=O) groups is 1. The first-order valence-electron chi connectivity index (χ1n) is 6.61. The van der Waals surface area contributed by atoms with E-state index in [4.69, 9.17) is 16.3 Å². The summed E-state index contributed by atoms with van der Waals surface area (Å²) in [6.07, 6.45) is 1.70. The van der Waals surface area contributed by atoms with Crippen LogP contribution in [0.3, 0.4) is 0 Å². The monoisotopic (exact) mass is 316 g/mol. The maximum Gasteiger partial charge on any atom is 0.262 e. The summed E-state index contributed by atoms with van der Waals surface area (Å²) in [5.74, 6) is 1.00. The Morgan fingerprint density at radius 1 is 1.27 bits per heavy atom. The number of hydrogen-bond acceptors (Lipinski definition) is 4. The Hall–Kier alpha value is -2.60. The normalized spacial score (nSPS) is 10.6. The van der Waals surface area contributed by atoms with Crippen LogP contribution in [0, 0.1) is 6.92 Å². The third-order valence-corrected chi connectivity index (χ3v) is 3.16. The number of anilines is 1. The fourth-order valence-corrected chi connectivity index (χ4v) is 2.07. The van der Waals surface area contributed by atoms with E-state index in [2.05, 4.69) is 15.4 Å². The van der Waals surface area contributed by atoms with E-state index in [1.54, 1.807) is 47.1 Å². The van der Waals surface area contributed by atoms with Gasteiger partial charge in [0.05, 0.1) is 11.9 Å². The number of pyridine rings is 1. The molecule has 0 saturated carbocycles. The summed E-state index contributed by atoms with van der Waals surface area (Å²) < 4.78 is 7.00. The third-order valence-electron chi connectivity index (χ3n) is 2.90. The summed E-state index contributed by atoms with van der Waals surface area (Å²) in [5.41, 5.74) is 1.36. The van der Waals surface area contributed by atoms with Crippen LogP contribution in [-0.4, -0.2) is 27.1 Å². The van der Waals surface area contributed by atoms with Crippen molar-refractivity contribution in [1.82, 2.24) is 14.6 Å². The van der Waals surface area contributed by atoms with Crippen molar-refractivity contribution in [2.75, 3.05) is 11.9 Å². The van der Waals surface area contributed by atoms with Gasteiger partial charge in [0.1, 0.15) is 11.6 Å². The number of amides is 1. The molecule has 0 spiro atoms. The summed E-state index contributed by atoms with van der Waals surface area (Å²) in [4.78, 5) is 16.1. The van der Waals surface area contributed by atoms with Crippen molar-refractivity contribution in [2.24, 2.45) is 0 Å². The van der Waals surface area contributed by atoms with Crippen molar-refractivity contribution >= 4 is 28.8 Å². The minimum Gasteiger partial charge on any atom is -0.484 e. The van der Waals surface area contributed by atoms with Crippen molar-refractivity contribution in [3.05, 3.63) is 53.4 Å². The van der Waals surface area contributed by atoms with Gasteiger partial charge >= 0.3 is 0 Å². The zero-order valence-corrected chi connectivity index (χ0v) is 12.5. The van der Waals surface area contributed by atoms with Gasteiger partial charge in [-0.3, -0.25) is 4.79 Å². The lowest BCUT2D eigenvalue weighted by atomic mass is 10.3. The Kier molecular flexibility index (Phi) is 3.93. The molecule has 0 aliphatic rings. The third kappa shape index (κ3) is 3.35. The number of aromatic nitrogens is 3. The molecule has 0 aliphatic heterocycles. The molecule has 3 rings (SSSR count). The first-order chi connectivity index (χ1) is 10.6. The van der Waals surface area contributed by atoms with Gasteiger partial charge < -0.3 is 10.1 Å². The summed E-state index contributed by atoms with van der Waals surface area (Å²) in [7, 11) is 0. The summed E-state index contributed by atoms with van der Waals surface area (Å²) >= 11 is 5.78. The number of halogens is 1. The number of aryl methyl sites for hydroxylation is 1. The van der Waals surface area contributed by atoms with Crippen LogP contribution in [0.15, 0.2) is 42.6 Å². The number of hydrogen-bond donors (Lipinski definition) is 1. The van der Waals surface area contributed by atoms with Gasteiger partial charge in [-0.05, 0) is 43.3 Å². The van der Waals surface area contributed by atoms with Crippen LogP contribution in [0.2, 0.25) is 5.02 Å². The van der Waals surface area contributed by atoms with E-state index in [1.165, 1.54) is 0 Å². The van der Waals surface area contributed by atoms with Crippen LogP contribution >= 0.6 is 11.6 Å². The molecule has 0 unspecified atom stereocenters. The molecule has 1 aromatic carbocycles. The van der Waals surface area contributed by atoms with Crippen molar-refractivity contribution < 1.29 is 9.53 Å². The van der Waals surface area contributed by atoms with E-state index in [-0.39, 0.29) is 12.5 Å². The predicted molar refractivity (Wildman–Crippen MR) is 83.3 cm³/mol. The molecule has 0 fully saturated rings. The Morgan fingerprint density at radius 2 is 2.05 bits per heavy atom. The highest BCUT2D eigenvalue weighted by Crippen LogP contribution is 2.15. The fourth-order valence-electron chi connectivity index (χ4n) is 1.94. The quantitative estimate of drug-likeness (QED) is 0.803. The van der Waals surface area contributed by atoms with Crippen LogP contribution in [0.5, 0.6) is 5.75 Å². The topological polar surface area (TPSA) is 68.5 Å². The number of ether oxygens (including phenoxy) is 1. The maximum atomic E-state index is 11.9. The van der Waals surface area contributed by atoms with Gasteiger partial charge in [-0.15, -0.1) is 0 Å². The molecule has 6 nitrogen and oxygen atoms in total. The van der Waals surface area contributed by atoms with Gasteiger partial charge in [-0.25, -0.2) is 9.50 Å². The maximum absolute atomic E-state index is 11.9. The molecule has 0 saturated heterocycles. The average Bonchev–Trinajstić information content (AvgIpc) is 2.86. The molecule has 3 aromatic rings. The van der Waals surface area contributed by atoms with Crippen LogP contribution in [-0.2, 0) is 4.79 Å². The number of rotatable bonds is 4. The SMILES string of the molecule is Cc1nc2ccc(NC(=O)COc3ccc(Cl)cc3)cn2n1. The minimum atomic E-state index is -0.258. The lowest BCUT2D eigenvalue weighted by Crippen LogP contribution is -2.20. The smallest absolute Gasteiger partial charge is 0.262 e. The van der Waals surface area contributed by atoms with Gasteiger partial charge in [0.2, 0.25) is 0 Å². The average molecular weight is 317 g/mol. The highest BCUT2D eigenvalue weighted by Gasteiger charge is 2.06. The summed E-state index contributed by atoms with van der Waals surface area (Å²) in [6, 6.07) is 10.4. The number of nitrogens with zero attached hydrogens (tertiary/aromatic N) is 3. The van der Waals surface area contributed by atoms with E-state index >= 15 is 0 Å². The molecule has 1 N–H and O–H groups in total. The van der Waals surface area contributed by atoms with Crippen LogP contribution in [0.4, 0.5) is 5.69 Å². The van der Waals surface area contributed by atoms with Crippen LogP contribution in [0.1, 0.15) is 5.82 Å². The molecule has 0 radical (unpaired) electrons. The Bertz CT molecular complexity index is 814. The molecular formula is C15H13ClN4O2. The standard InChI is InChI=1S/C15H13ClN4O2/c1-10-17-14-7-4-12(8-20(14)19-10)18-15(21)9-22-13-5-2-11(16)3-6-13/h2-8H,9H2,1H3,(H,18,21).